The Morgan fingerprint density at radius 3 is 1.39 bits per heavy atom. The molecule has 6 nitrogen and oxygen atoms in total. The Hall–Kier alpha value is -0.880. The number of methoxy groups -OCH3 is 2. The fourth-order valence-electron chi connectivity index (χ4n) is 2.78. The molecule has 0 aliphatic heterocycles. The number of rotatable bonds is 6. The van der Waals surface area contributed by atoms with E-state index in [2.05, 4.69) is 0 Å². The van der Waals surface area contributed by atoms with Gasteiger partial charge < -0.3 is 9.47 Å². The van der Waals surface area contributed by atoms with Crippen molar-refractivity contribution < 1.29 is 24.2 Å². The summed E-state index contributed by atoms with van der Waals surface area (Å²) < 4.78 is 10.6. The molecule has 0 spiro atoms. The van der Waals surface area contributed by atoms with Crippen LogP contribution in [0.25, 0.3) is 0 Å². The van der Waals surface area contributed by atoms with Gasteiger partial charge in [-0.25, -0.2) is 0 Å². The second-order valence-corrected chi connectivity index (χ2v) is 5.05. The molecule has 6 heteroatoms. The largest absolute Gasteiger partial charge is 0.483 e. The quantitative estimate of drug-likeness (QED) is 0.542. The van der Waals surface area contributed by atoms with Crippen molar-refractivity contribution in [3.8, 4) is 0 Å². The average Bonchev–Trinajstić information content (AvgIpc) is 3.00. The van der Waals surface area contributed by atoms with E-state index in [1.165, 1.54) is 0 Å². The molecule has 0 aromatic heterocycles. The lowest BCUT2D eigenvalue weighted by molar-refractivity contribution is -1.02. The molecule has 0 atom stereocenters. The normalized spacial score (nSPS) is 25.0. The molecule has 0 aromatic carbocycles. The van der Waals surface area contributed by atoms with E-state index in [9.17, 15) is 4.91 Å². The third-order valence-electron chi connectivity index (χ3n) is 3.96. The Morgan fingerprint density at radius 2 is 1.11 bits per heavy atom. The van der Waals surface area contributed by atoms with E-state index in [4.69, 9.17) is 19.1 Å². The summed E-state index contributed by atoms with van der Waals surface area (Å²) in [4.78, 5) is 22.4. The Bertz CT molecular complexity index is 267. The van der Waals surface area contributed by atoms with Crippen molar-refractivity contribution in [2.45, 2.75) is 62.9 Å². The first kappa shape index (κ1) is 13.5. The fourth-order valence-corrected chi connectivity index (χ4v) is 2.78. The molecule has 0 N–H and O–H groups in total. The van der Waals surface area contributed by atoms with E-state index < -0.39 is 11.6 Å². The fraction of sp³-hybridized carbons (Fsp3) is 1.00. The van der Waals surface area contributed by atoms with Crippen LogP contribution in [0.1, 0.15) is 51.4 Å². The topological polar surface area (TPSA) is 57.0 Å². The van der Waals surface area contributed by atoms with Gasteiger partial charge in [0.2, 0.25) is 0 Å². The molecule has 2 fully saturated rings. The highest BCUT2D eigenvalue weighted by atomic mass is 17.1. The van der Waals surface area contributed by atoms with E-state index in [0.29, 0.717) is 25.7 Å². The predicted octanol–water partition coefficient (Wildman–Crippen LogP) is 2.46. The van der Waals surface area contributed by atoms with Crippen molar-refractivity contribution in [1.29, 1.82) is 0 Å². The summed E-state index contributed by atoms with van der Waals surface area (Å²) in [6, 6.07) is 0. The van der Waals surface area contributed by atoms with Crippen molar-refractivity contribution in [2.24, 2.45) is 0 Å². The van der Waals surface area contributed by atoms with Gasteiger partial charge in [0.1, 0.15) is 4.91 Å². The maximum atomic E-state index is 11.8. The smallest absolute Gasteiger partial charge is 0.338 e. The Balaban J connectivity index is 1.91. The molecule has 18 heavy (non-hydrogen) atoms. The van der Waals surface area contributed by atoms with Gasteiger partial charge in [0.05, 0.1) is 0 Å². The lowest BCUT2D eigenvalue weighted by atomic mass is 10.2. The van der Waals surface area contributed by atoms with E-state index in [0.717, 1.165) is 25.7 Å². The Labute approximate surface area is 107 Å². The standard InChI is InChI=1S/C12H22NO5/c1-15-11(7-3-4-8-11)17-13(14)18-12(16-2)9-5-6-10-12/h3-10H2,1-2H3/q+1. The molecular weight excluding hydrogens is 238 g/mol. The summed E-state index contributed by atoms with van der Waals surface area (Å²) in [5.41, 5.74) is 0. The molecular formula is C12H22NO5+. The highest BCUT2D eigenvalue weighted by Gasteiger charge is 2.49. The van der Waals surface area contributed by atoms with Crippen LogP contribution in [0.3, 0.4) is 0 Å². The molecule has 0 unspecified atom stereocenters. The van der Waals surface area contributed by atoms with Gasteiger partial charge in [-0.15, -0.1) is 0 Å². The van der Waals surface area contributed by atoms with Gasteiger partial charge >= 0.3 is 5.09 Å². The minimum absolute atomic E-state index is 0.184. The number of hydrogen-bond donors (Lipinski definition) is 0. The van der Waals surface area contributed by atoms with Crippen LogP contribution in [0.4, 0.5) is 0 Å². The SMILES string of the molecule is COC1(O[N+](=O)OC2(OC)CCCC2)CCCC1. The van der Waals surface area contributed by atoms with Crippen LogP contribution in [0.15, 0.2) is 0 Å². The molecule has 0 amide bonds. The van der Waals surface area contributed by atoms with Gasteiger partial charge in [-0.2, -0.15) is 9.68 Å². The van der Waals surface area contributed by atoms with Gasteiger partial charge in [-0.05, 0) is 25.7 Å². The van der Waals surface area contributed by atoms with Gasteiger partial charge in [0, 0.05) is 39.9 Å². The maximum absolute atomic E-state index is 11.8. The van der Waals surface area contributed by atoms with Crippen molar-refractivity contribution in [2.75, 3.05) is 14.2 Å². The maximum Gasteiger partial charge on any atom is 0.483 e. The van der Waals surface area contributed by atoms with E-state index >= 15 is 0 Å². The predicted molar refractivity (Wildman–Crippen MR) is 62.2 cm³/mol. The molecule has 0 aromatic rings. The molecule has 0 bridgehead atoms. The number of nitrogens with zero attached hydrogens (tertiary/aromatic N) is 1. The van der Waals surface area contributed by atoms with Crippen LogP contribution in [0.2, 0.25) is 0 Å². The number of hydrogen-bond acceptors (Lipinski definition) is 5. The first-order valence-electron chi connectivity index (χ1n) is 6.59. The van der Waals surface area contributed by atoms with E-state index in [1.54, 1.807) is 14.2 Å². The summed E-state index contributed by atoms with van der Waals surface area (Å²) in [5.74, 6) is -1.65. The summed E-state index contributed by atoms with van der Waals surface area (Å²) >= 11 is 0. The highest BCUT2D eigenvalue weighted by Crippen LogP contribution is 2.37. The molecule has 0 radical (unpaired) electrons. The minimum Gasteiger partial charge on any atom is -0.338 e. The molecule has 104 valence electrons. The number of ether oxygens (including phenoxy) is 2. The zero-order valence-electron chi connectivity index (χ0n) is 11.1. The van der Waals surface area contributed by atoms with Crippen LogP contribution in [-0.4, -0.2) is 30.9 Å². The van der Waals surface area contributed by atoms with Crippen molar-refractivity contribution >= 4 is 0 Å². The minimum atomic E-state index is -0.824. The first-order chi connectivity index (χ1) is 8.64. The lowest BCUT2D eigenvalue weighted by Crippen LogP contribution is -2.41. The molecule has 2 aliphatic rings. The zero-order valence-corrected chi connectivity index (χ0v) is 11.1. The molecule has 2 rings (SSSR count). The van der Waals surface area contributed by atoms with Gasteiger partial charge in [0.25, 0.3) is 11.6 Å². The second-order valence-electron chi connectivity index (χ2n) is 5.05. The van der Waals surface area contributed by atoms with Gasteiger partial charge in [-0.1, -0.05) is 0 Å². The van der Waals surface area contributed by atoms with Crippen LogP contribution in [0.5, 0.6) is 0 Å². The molecule has 2 saturated carbocycles. The summed E-state index contributed by atoms with van der Waals surface area (Å²) in [5, 5.41) is 0.184. The molecule has 2 aliphatic carbocycles. The highest BCUT2D eigenvalue weighted by molar-refractivity contribution is 4.76. The first-order valence-corrected chi connectivity index (χ1v) is 6.59. The zero-order chi connectivity index (χ0) is 13.1. The van der Waals surface area contributed by atoms with Crippen molar-refractivity contribution in [3.05, 3.63) is 4.91 Å². The monoisotopic (exact) mass is 260 g/mol. The van der Waals surface area contributed by atoms with E-state index in [1.807, 2.05) is 0 Å². The van der Waals surface area contributed by atoms with E-state index in [-0.39, 0.29) is 5.09 Å². The van der Waals surface area contributed by atoms with Gasteiger partial charge in [-0.3, -0.25) is 0 Å². The average molecular weight is 260 g/mol. The Kier molecular flexibility index (Phi) is 4.07. The lowest BCUT2D eigenvalue weighted by Gasteiger charge is -2.22. The third-order valence-corrected chi connectivity index (χ3v) is 3.96. The molecule has 0 heterocycles. The summed E-state index contributed by atoms with van der Waals surface area (Å²) in [7, 11) is 3.11. The van der Waals surface area contributed by atoms with Crippen LogP contribution < -0.4 is 0 Å². The van der Waals surface area contributed by atoms with Crippen molar-refractivity contribution in [1.82, 2.24) is 0 Å². The third kappa shape index (κ3) is 2.75. The van der Waals surface area contributed by atoms with Crippen LogP contribution in [0, 0.1) is 4.91 Å². The van der Waals surface area contributed by atoms with Crippen LogP contribution in [-0.2, 0) is 19.1 Å². The molecule has 0 saturated heterocycles. The van der Waals surface area contributed by atoms with Gasteiger partial charge in [0.15, 0.2) is 0 Å². The second kappa shape index (κ2) is 5.40. The summed E-state index contributed by atoms with van der Waals surface area (Å²) in [6.45, 7) is 0. The van der Waals surface area contributed by atoms with Crippen molar-refractivity contribution in [3.63, 3.8) is 0 Å². The van der Waals surface area contributed by atoms with Crippen LogP contribution >= 0.6 is 0 Å². The summed E-state index contributed by atoms with van der Waals surface area (Å²) in [6.07, 6.45) is 6.84. The Morgan fingerprint density at radius 1 is 0.778 bits per heavy atom.